The van der Waals surface area contributed by atoms with E-state index in [1.54, 1.807) is 0 Å². The number of alkyl carbamates (subject to hydrolysis) is 1. The van der Waals surface area contributed by atoms with Crippen LogP contribution >= 0.6 is 11.8 Å². The van der Waals surface area contributed by atoms with Crippen molar-refractivity contribution in [3.05, 3.63) is 95.6 Å². The van der Waals surface area contributed by atoms with E-state index in [2.05, 4.69) is 46.6 Å². The Kier molecular flexibility index (Phi) is 8.22. The minimum absolute atomic E-state index is 0.0424. The van der Waals surface area contributed by atoms with E-state index in [4.69, 9.17) is 4.74 Å². The molecule has 0 spiro atoms. The lowest BCUT2D eigenvalue weighted by molar-refractivity contribution is -0.148. The third-order valence-electron chi connectivity index (χ3n) is 8.75. The summed E-state index contributed by atoms with van der Waals surface area (Å²) in [6.45, 7) is 2.37. The van der Waals surface area contributed by atoms with Crippen LogP contribution in [0.2, 0.25) is 0 Å². The predicted octanol–water partition coefficient (Wildman–Crippen LogP) is 4.94. The first-order chi connectivity index (χ1) is 20.4. The van der Waals surface area contributed by atoms with Crippen molar-refractivity contribution in [2.75, 3.05) is 31.3 Å². The summed E-state index contributed by atoms with van der Waals surface area (Å²) < 4.78 is 5.87. The molecule has 6 rings (SSSR count). The van der Waals surface area contributed by atoms with Crippen LogP contribution in [0.1, 0.15) is 41.9 Å². The molecule has 218 valence electrons. The molecule has 8 nitrogen and oxygen atoms in total. The smallest absolute Gasteiger partial charge is 0.407 e. The van der Waals surface area contributed by atoms with Gasteiger partial charge in [0.2, 0.25) is 5.91 Å². The third-order valence-corrected chi connectivity index (χ3v) is 9.76. The van der Waals surface area contributed by atoms with Gasteiger partial charge in [0.15, 0.2) is 0 Å². The van der Waals surface area contributed by atoms with Crippen LogP contribution in [-0.4, -0.2) is 75.8 Å². The largest absolute Gasteiger partial charge is 0.480 e. The standard InChI is InChI=1S/C33H35N3O5S/c37-30(36-22-42-21-29(36)31(38)39)18-33(14-16-35(17-15-33)19-23-8-2-1-3-9-23)34-32(40)41-20-28-26-12-6-4-10-24(26)25-11-5-7-13-27(25)28/h1-13,28-29H,14-22H2,(H,34,40)(H,38,39)/t29-/m0/s1. The fraction of sp³-hybridized carbons (Fsp3) is 0.364. The number of piperidine rings is 1. The van der Waals surface area contributed by atoms with Crippen LogP contribution in [0.3, 0.4) is 0 Å². The van der Waals surface area contributed by atoms with Crippen molar-refractivity contribution in [3.8, 4) is 11.1 Å². The van der Waals surface area contributed by atoms with Gasteiger partial charge in [-0.3, -0.25) is 9.69 Å². The van der Waals surface area contributed by atoms with E-state index in [-0.39, 0.29) is 24.9 Å². The summed E-state index contributed by atoms with van der Waals surface area (Å²) in [6.07, 6.45) is 0.621. The number of hydrogen-bond donors (Lipinski definition) is 2. The van der Waals surface area contributed by atoms with Gasteiger partial charge in [-0.15, -0.1) is 11.8 Å². The Morgan fingerprint density at radius 1 is 0.905 bits per heavy atom. The zero-order valence-electron chi connectivity index (χ0n) is 23.4. The highest BCUT2D eigenvalue weighted by Gasteiger charge is 2.43. The molecule has 3 aliphatic rings. The predicted molar refractivity (Wildman–Crippen MR) is 162 cm³/mol. The number of carboxylic acid groups (broad SMARTS) is 1. The van der Waals surface area contributed by atoms with Crippen molar-refractivity contribution < 1.29 is 24.2 Å². The van der Waals surface area contributed by atoms with E-state index in [9.17, 15) is 19.5 Å². The topological polar surface area (TPSA) is 99.2 Å². The molecule has 2 amide bonds. The minimum Gasteiger partial charge on any atom is -0.480 e. The second-order valence-corrected chi connectivity index (χ2v) is 12.4. The number of rotatable bonds is 8. The highest BCUT2D eigenvalue weighted by Crippen LogP contribution is 2.44. The average molecular weight is 586 g/mol. The number of nitrogens with one attached hydrogen (secondary N) is 1. The Morgan fingerprint density at radius 2 is 1.52 bits per heavy atom. The van der Waals surface area contributed by atoms with Gasteiger partial charge < -0.3 is 20.1 Å². The number of carboxylic acids is 1. The molecule has 9 heteroatoms. The third kappa shape index (κ3) is 5.89. The van der Waals surface area contributed by atoms with Crippen LogP contribution in [0.25, 0.3) is 11.1 Å². The molecule has 2 saturated heterocycles. The number of thioether (sulfide) groups is 1. The molecule has 2 heterocycles. The van der Waals surface area contributed by atoms with Gasteiger partial charge in [-0.2, -0.15) is 0 Å². The molecule has 2 aliphatic heterocycles. The molecule has 42 heavy (non-hydrogen) atoms. The number of carbonyl (C=O) groups excluding carboxylic acids is 2. The van der Waals surface area contributed by atoms with Gasteiger partial charge in [-0.25, -0.2) is 9.59 Å². The number of benzene rings is 3. The van der Waals surface area contributed by atoms with E-state index in [1.165, 1.54) is 22.2 Å². The van der Waals surface area contributed by atoms with Crippen molar-refractivity contribution in [2.24, 2.45) is 0 Å². The number of fused-ring (bicyclic) bond motifs is 3. The lowest BCUT2D eigenvalue weighted by Gasteiger charge is -2.42. The summed E-state index contributed by atoms with van der Waals surface area (Å²) in [4.78, 5) is 42.4. The molecule has 1 atom stereocenters. The monoisotopic (exact) mass is 585 g/mol. The first kappa shape index (κ1) is 28.3. The van der Waals surface area contributed by atoms with Crippen molar-refractivity contribution >= 4 is 29.7 Å². The highest BCUT2D eigenvalue weighted by atomic mass is 32.2. The van der Waals surface area contributed by atoms with E-state index in [0.29, 0.717) is 37.6 Å². The summed E-state index contributed by atoms with van der Waals surface area (Å²) in [5.41, 5.74) is 4.99. The molecule has 0 bridgehead atoms. The Labute approximate surface area is 250 Å². The number of nitrogens with zero attached hydrogens (tertiary/aromatic N) is 2. The Hall–Kier alpha value is -3.82. The normalized spacial score (nSPS) is 19.6. The number of amides is 2. The molecule has 3 aromatic carbocycles. The van der Waals surface area contributed by atoms with Crippen LogP contribution in [0, 0.1) is 0 Å². The fourth-order valence-corrected chi connectivity index (χ4v) is 7.63. The molecule has 2 N–H and O–H groups in total. The van der Waals surface area contributed by atoms with Crippen molar-refractivity contribution in [1.82, 2.24) is 15.1 Å². The minimum atomic E-state index is -0.996. The zero-order valence-corrected chi connectivity index (χ0v) is 24.2. The van der Waals surface area contributed by atoms with Crippen molar-refractivity contribution in [1.29, 1.82) is 0 Å². The lowest BCUT2D eigenvalue weighted by atomic mass is 9.83. The first-order valence-electron chi connectivity index (χ1n) is 14.4. The number of hydrogen-bond acceptors (Lipinski definition) is 6. The van der Waals surface area contributed by atoms with Gasteiger partial charge in [-0.05, 0) is 40.7 Å². The molecular weight excluding hydrogens is 550 g/mol. The summed E-state index contributed by atoms with van der Waals surface area (Å²) in [6, 6.07) is 25.8. The van der Waals surface area contributed by atoms with Gasteiger partial charge in [-0.1, -0.05) is 78.9 Å². The van der Waals surface area contributed by atoms with E-state index in [1.807, 2.05) is 42.5 Å². The second kappa shape index (κ2) is 12.2. The Balaban J connectivity index is 1.15. The van der Waals surface area contributed by atoms with Crippen LogP contribution in [0.5, 0.6) is 0 Å². The summed E-state index contributed by atoms with van der Waals surface area (Å²) in [5.74, 6) is -0.589. The number of ether oxygens (including phenoxy) is 1. The quantitative estimate of drug-likeness (QED) is 0.387. The number of aliphatic carboxylic acids is 1. The highest BCUT2D eigenvalue weighted by molar-refractivity contribution is 7.99. The van der Waals surface area contributed by atoms with E-state index in [0.717, 1.165) is 28.8 Å². The van der Waals surface area contributed by atoms with Gasteiger partial charge in [0.05, 0.1) is 17.8 Å². The SMILES string of the molecule is O=C(NC1(CC(=O)N2CSC[C@H]2C(=O)O)CCN(Cc2ccccc2)CC1)OCC1c2ccccc2-c2ccccc21. The molecule has 1 aliphatic carbocycles. The van der Waals surface area contributed by atoms with Gasteiger partial charge in [0.25, 0.3) is 0 Å². The van der Waals surface area contributed by atoms with E-state index < -0.39 is 23.6 Å². The van der Waals surface area contributed by atoms with Gasteiger partial charge in [0.1, 0.15) is 12.6 Å². The zero-order chi connectivity index (χ0) is 29.1. The average Bonchev–Trinajstić information content (AvgIpc) is 3.62. The molecule has 3 aromatic rings. The van der Waals surface area contributed by atoms with Crippen molar-refractivity contribution in [3.63, 3.8) is 0 Å². The first-order valence-corrected chi connectivity index (χ1v) is 15.6. The molecule has 0 unspecified atom stereocenters. The molecule has 0 aromatic heterocycles. The number of carbonyl (C=O) groups is 3. The molecule has 2 fully saturated rings. The maximum absolute atomic E-state index is 13.5. The van der Waals surface area contributed by atoms with Crippen LogP contribution < -0.4 is 5.32 Å². The summed E-state index contributed by atoms with van der Waals surface area (Å²) >= 11 is 1.44. The maximum Gasteiger partial charge on any atom is 0.407 e. The van der Waals surface area contributed by atoms with Crippen LogP contribution in [0.4, 0.5) is 4.79 Å². The number of likely N-dealkylation sites (tertiary alicyclic amines) is 1. The van der Waals surface area contributed by atoms with Gasteiger partial charge in [0, 0.05) is 31.3 Å². The Morgan fingerprint density at radius 3 is 2.17 bits per heavy atom. The summed E-state index contributed by atoms with van der Waals surface area (Å²) in [5, 5.41) is 12.7. The van der Waals surface area contributed by atoms with Crippen LogP contribution in [0.15, 0.2) is 78.9 Å². The van der Waals surface area contributed by atoms with E-state index >= 15 is 0 Å². The fourth-order valence-electron chi connectivity index (χ4n) is 6.46. The lowest BCUT2D eigenvalue weighted by Crippen LogP contribution is -2.58. The summed E-state index contributed by atoms with van der Waals surface area (Å²) in [7, 11) is 0. The van der Waals surface area contributed by atoms with Crippen molar-refractivity contribution in [2.45, 2.75) is 43.3 Å². The molecule has 0 radical (unpaired) electrons. The second-order valence-electron chi connectivity index (χ2n) is 11.4. The van der Waals surface area contributed by atoms with Crippen LogP contribution in [-0.2, 0) is 20.9 Å². The molecular formula is C33H35N3O5S. The van der Waals surface area contributed by atoms with Gasteiger partial charge >= 0.3 is 12.1 Å². The molecule has 0 saturated carbocycles. The maximum atomic E-state index is 13.5. The Bertz CT molecular complexity index is 1410.